The quantitative estimate of drug-likeness (QED) is 0.185. The number of ketones is 2. The Labute approximate surface area is 238 Å². The molecule has 0 amide bonds. The molecule has 208 valence electrons. The fraction of sp³-hybridized carbons (Fsp3) is 0.500. The summed E-state index contributed by atoms with van der Waals surface area (Å²) in [6.45, 7) is 2.22. The molecule has 0 bridgehead atoms. The Hall–Kier alpha value is -2.72. The SMILES string of the molecule is CCCCCCCCCCCC(=O)OC1=C([C@H]2CC[C@H](c3ccc(Cl)cc3)CC2)C(=O)c2ccccc2C1=O. The van der Waals surface area contributed by atoms with Crippen LogP contribution >= 0.6 is 11.6 Å². The van der Waals surface area contributed by atoms with Gasteiger partial charge >= 0.3 is 5.97 Å². The highest BCUT2D eigenvalue weighted by atomic mass is 35.5. The van der Waals surface area contributed by atoms with Crippen molar-refractivity contribution >= 4 is 29.1 Å². The molecule has 0 heterocycles. The first-order chi connectivity index (χ1) is 19.0. The fourth-order valence-corrected chi connectivity index (χ4v) is 6.17. The number of rotatable bonds is 13. The number of esters is 1. The Morgan fingerprint density at radius 1 is 0.744 bits per heavy atom. The molecule has 0 N–H and O–H groups in total. The lowest BCUT2D eigenvalue weighted by Crippen LogP contribution is -2.30. The van der Waals surface area contributed by atoms with Gasteiger partial charge in [-0.25, -0.2) is 0 Å². The van der Waals surface area contributed by atoms with Crippen molar-refractivity contribution < 1.29 is 19.1 Å². The molecule has 0 atom stereocenters. The van der Waals surface area contributed by atoms with Gasteiger partial charge in [-0.15, -0.1) is 0 Å². The number of carbonyl (C=O) groups excluding carboxylic acids is 3. The van der Waals surface area contributed by atoms with Crippen LogP contribution in [0.2, 0.25) is 5.02 Å². The van der Waals surface area contributed by atoms with Crippen LogP contribution < -0.4 is 0 Å². The molecule has 2 aromatic carbocycles. The van der Waals surface area contributed by atoms with Crippen LogP contribution in [0.25, 0.3) is 0 Å². The molecule has 2 aliphatic rings. The van der Waals surface area contributed by atoms with E-state index in [4.69, 9.17) is 16.3 Å². The summed E-state index contributed by atoms with van der Waals surface area (Å²) in [7, 11) is 0. The topological polar surface area (TPSA) is 60.4 Å². The smallest absolute Gasteiger partial charge is 0.311 e. The summed E-state index contributed by atoms with van der Waals surface area (Å²) in [5.41, 5.74) is 2.38. The number of Topliss-reactive ketones (excluding diaryl/α,β-unsaturated/α-hetero) is 2. The maximum atomic E-state index is 13.7. The van der Waals surface area contributed by atoms with Crippen molar-refractivity contribution in [3.05, 3.63) is 81.6 Å². The number of ether oxygens (including phenoxy) is 1. The van der Waals surface area contributed by atoms with E-state index in [0.717, 1.165) is 50.0 Å². The molecule has 0 radical (unpaired) electrons. The van der Waals surface area contributed by atoms with Crippen molar-refractivity contribution in [3.8, 4) is 0 Å². The van der Waals surface area contributed by atoms with E-state index in [0.29, 0.717) is 22.6 Å². The zero-order valence-corrected chi connectivity index (χ0v) is 23.9. The summed E-state index contributed by atoms with van der Waals surface area (Å²) < 4.78 is 5.75. The number of unbranched alkanes of at least 4 members (excludes halogenated alkanes) is 8. The molecule has 4 nitrogen and oxygen atoms in total. The summed E-state index contributed by atoms with van der Waals surface area (Å²) in [5.74, 6) is -0.686. The zero-order valence-electron chi connectivity index (χ0n) is 23.2. The van der Waals surface area contributed by atoms with Crippen molar-refractivity contribution in [2.45, 2.75) is 103 Å². The van der Waals surface area contributed by atoms with E-state index in [1.807, 2.05) is 12.1 Å². The summed E-state index contributed by atoms with van der Waals surface area (Å²) in [6, 6.07) is 14.8. The van der Waals surface area contributed by atoms with Crippen LogP contribution in [0.3, 0.4) is 0 Å². The number of carbonyl (C=O) groups is 3. The standard InChI is InChI=1S/C34H41ClO4/c1-2-3-4-5-6-7-8-9-10-15-30(36)39-34-31(32(37)28-13-11-12-14-29(28)33(34)38)26-18-16-24(17-19-26)25-20-22-27(35)23-21-25/h11-14,20-24,26H,2-10,15-19H2,1H3/t24-,26-. The normalized spacial score (nSPS) is 19.2. The number of allylic oxidation sites excluding steroid dienone is 2. The number of halogens is 1. The summed E-state index contributed by atoms with van der Waals surface area (Å²) in [4.78, 5) is 40.0. The van der Waals surface area contributed by atoms with Gasteiger partial charge in [-0.3, -0.25) is 14.4 Å². The van der Waals surface area contributed by atoms with Gasteiger partial charge < -0.3 is 4.74 Å². The minimum absolute atomic E-state index is 0.0328. The van der Waals surface area contributed by atoms with Crippen molar-refractivity contribution in [2.75, 3.05) is 0 Å². The van der Waals surface area contributed by atoms with Crippen LogP contribution in [0.5, 0.6) is 0 Å². The van der Waals surface area contributed by atoms with Crippen LogP contribution in [-0.2, 0) is 9.53 Å². The lowest BCUT2D eigenvalue weighted by Gasteiger charge is -2.32. The second kappa shape index (κ2) is 14.6. The van der Waals surface area contributed by atoms with Crippen LogP contribution in [0.15, 0.2) is 59.9 Å². The van der Waals surface area contributed by atoms with Crippen LogP contribution in [0.1, 0.15) is 129 Å². The Kier molecular flexibility index (Phi) is 11.0. The molecule has 1 saturated carbocycles. The first kappa shape index (κ1) is 29.3. The first-order valence-electron chi connectivity index (χ1n) is 14.9. The molecule has 0 unspecified atom stereocenters. The number of hydrogen-bond donors (Lipinski definition) is 0. The lowest BCUT2D eigenvalue weighted by molar-refractivity contribution is -0.139. The zero-order chi connectivity index (χ0) is 27.6. The van der Waals surface area contributed by atoms with Crippen molar-refractivity contribution in [1.82, 2.24) is 0 Å². The minimum Gasteiger partial charge on any atom is -0.422 e. The molecule has 4 rings (SSSR count). The Morgan fingerprint density at radius 2 is 1.28 bits per heavy atom. The van der Waals surface area contributed by atoms with E-state index >= 15 is 0 Å². The number of hydrogen-bond acceptors (Lipinski definition) is 4. The Morgan fingerprint density at radius 3 is 1.90 bits per heavy atom. The first-order valence-corrected chi connectivity index (χ1v) is 15.3. The predicted molar refractivity (Wildman–Crippen MR) is 156 cm³/mol. The molecule has 5 heteroatoms. The second-order valence-corrected chi connectivity index (χ2v) is 11.5. The molecule has 0 spiro atoms. The third-order valence-electron chi connectivity index (χ3n) is 8.29. The van der Waals surface area contributed by atoms with Crippen LogP contribution in [-0.4, -0.2) is 17.5 Å². The maximum Gasteiger partial charge on any atom is 0.311 e. The average molecular weight is 549 g/mol. The van der Waals surface area contributed by atoms with Crippen molar-refractivity contribution in [3.63, 3.8) is 0 Å². The summed E-state index contributed by atoms with van der Waals surface area (Å²) in [6.07, 6.45) is 14.0. The average Bonchev–Trinajstić information content (AvgIpc) is 2.96. The van der Waals surface area contributed by atoms with Crippen molar-refractivity contribution in [2.24, 2.45) is 5.92 Å². The van der Waals surface area contributed by atoms with Gasteiger partial charge in [-0.2, -0.15) is 0 Å². The summed E-state index contributed by atoms with van der Waals surface area (Å²) >= 11 is 6.06. The van der Waals surface area contributed by atoms with Gasteiger partial charge in [-0.05, 0) is 61.6 Å². The number of benzene rings is 2. The molecule has 39 heavy (non-hydrogen) atoms. The largest absolute Gasteiger partial charge is 0.422 e. The maximum absolute atomic E-state index is 13.7. The second-order valence-electron chi connectivity index (χ2n) is 11.1. The number of fused-ring (bicyclic) bond motifs is 1. The molecular formula is C34H41ClO4. The highest BCUT2D eigenvalue weighted by Gasteiger charge is 2.39. The molecular weight excluding hydrogens is 508 g/mol. The molecule has 2 aliphatic carbocycles. The monoisotopic (exact) mass is 548 g/mol. The van der Waals surface area contributed by atoms with Gasteiger partial charge in [0, 0.05) is 22.6 Å². The highest BCUT2D eigenvalue weighted by Crippen LogP contribution is 2.42. The van der Waals surface area contributed by atoms with Gasteiger partial charge in [0.25, 0.3) is 0 Å². The Bertz CT molecular complexity index is 1170. The highest BCUT2D eigenvalue weighted by molar-refractivity contribution is 6.30. The predicted octanol–water partition coefficient (Wildman–Crippen LogP) is 9.41. The van der Waals surface area contributed by atoms with Gasteiger partial charge in [0.1, 0.15) is 0 Å². The Balaban J connectivity index is 1.40. The molecule has 1 fully saturated rings. The minimum atomic E-state index is -0.416. The van der Waals surface area contributed by atoms with E-state index in [-0.39, 0.29) is 29.7 Å². The van der Waals surface area contributed by atoms with Crippen molar-refractivity contribution in [1.29, 1.82) is 0 Å². The summed E-state index contributed by atoms with van der Waals surface area (Å²) in [5, 5.41) is 0.719. The van der Waals surface area contributed by atoms with E-state index in [2.05, 4.69) is 19.1 Å². The van der Waals surface area contributed by atoms with Gasteiger partial charge in [0.2, 0.25) is 5.78 Å². The van der Waals surface area contributed by atoms with E-state index in [1.165, 1.54) is 44.1 Å². The molecule has 0 saturated heterocycles. The van der Waals surface area contributed by atoms with E-state index < -0.39 is 5.97 Å². The molecule has 0 aliphatic heterocycles. The molecule has 2 aromatic rings. The third kappa shape index (κ3) is 7.69. The fourth-order valence-electron chi connectivity index (χ4n) is 6.04. The van der Waals surface area contributed by atoms with E-state index in [1.54, 1.807) is 24.3 Å². The third-order valence-corrected chi connectivity index (χ3v) is 8.54. The molecule has 0 aromatic heterocycles. The van der Waals surface area contributed by atoms with Gasteiger partial charge in [0.15, 0.2) is 11.5 Å². The van der Waals surface area contributed by atoms with Gasteiger partial charge in [0.05, 0.1) is 5.57 Å². The lowest BCUT2D eigenvalue weighted by atomic mass is 9.72. The van der Waals surface area contributed by atoms with Gasteiger partial charge in [-0.1, -0.05) is 106 Å². The van der Waals surface area contributed by atoms with Crippen LogP contribution in [0.4, 0.5) is 0 Å². The van der Waals surface area contributed by atoms with Crippen LogP contribution in [0, 0.1) is 5.92 Å². The van der Waals surface area contributed by atoms with E-state index in [9.17, 15) is 14.4 Å².